The van der Waals surface area contributed by atoms with Gasteiger partial charge in [0, 0.05) is 5.56 Å². The van der Waals surface area contributed by atoms with Crippen molar-refractivity contribution in [2.75, 3.05) is 0 Å². The van der Waals surface area contributed by atoms with E-state index in [1.54, 1.807) is 146 Å². The zero-order valence-electron chi connectivity index (χ0n) is 38.0. The third kappa shape index (κ3) is 11.1. The number of carbonyl (C=O) groups is 5. The molecule has 1 aliphatic carbocycles. The number of allylic oxidation sites excluding steroid dienone is 2. The molecule has 0 N–H and O–H groups in total. The molecular weight excluding hydrogens is 845 g/mol. The van der Waals surface area contributed by atoms with Crippen LogP contribution < -0.4 is 0 Å². The van der Waals surface area contributed by atoms with Crippen molar-refractivity contribution in [1.82, 2.24) is 0 Å². The number of Topliss-reactive ketones (excluding diaryl/α,β-unsaturated/α-hetero) is 1. The van der Waals surface area contributed by atoms with Gasteiger partial charge in [-0.25, -0.2) is 19.2 Å². The number of ketones is 1. The second-order valence-electron chi connectivity index (χ2n) is 17.5. The molecule has 0 amide bonds. The van der Waals surface area contributed by atoms with Gasteiger partial charge in [-0.05, 0) is 89.8 Å². The van der Waals surface area contributed by atoms with Crippen LogP contribution in [0.5, 0.6) is 0 Å². The molecule has 342 valence electrons. The van der Waals surface area contributed by atoms with Gasteiger partial charge in [0.1, 0.15) is 22.4 Å². The molecular formula is C53H52O13. The first kappa shape index (κ1) is 48.4. The topological polar surface area (TPSA) is 159 Å². The summed E-state index contributed by atoms with van der Waals surface area (Å²) in [5.74, 6) is -7.10. The van der Waals surface area contributed by atoms with Crippen molar-refractivity contribution in [3.05, 3.63) is 203 Å². The number of carbonyl (C=O) groups excluding carboxylic acids is 5. The Labute approximate surface area is 383 Å². The number of hydrogen-bond donors (Lipinski definition) is 0. The maximum Gasteiger partial charge on any atom is 0.373 e. The summed E-state index contributed by atoms with van der Waals surface area (Å²) in [4.78, 5) is 116. The maximum atomic E-state index is 14.7. The molecule has 5 aromatic carbocycles. The van der Waals surface area contributed by atoms with Crippen molar-refractivity contribution < 1.29 is 63.1 Å². The fourth-order valence-corrected chi connectivity index (χ4v) is 6.87. The molecule has 66 heavy (non-hydrogen) atoms. The van der Waals surface area contributed by atoms with Crippen LogP contribution in [0.25, 0.3) is 0 Å². The molecule has 6 rings (SSSR count). The normalized spacial score (nSPS) is 14.9. The molecule has 1 atom stereocenters. The van der Waals surface area contributed by atoms with Crippen LogP contribution >= 0.6 is 0 Å². The highest BCUT2D eigenvalue weighted by atomic mass is 17.2. The van der Waals surface area contributed by atoms with E-state index in [0.717, 1.165) is 17.7 Å². The predicted octanol–water partition coefficient (Wildman–Crippen LogP) is 10.2. The first-order valence-electron chi connectivity index (χ1n) is 21.2. The number of benzene rings is 5. The van der Waals surface area contributed by atoms with Gasteiger partial charge in [0.25, 0.3) is 0 Å². The van der Waals surface area contributed by atoms with E-state index in [-0.39, 0.29) is 11.1 Å². The summed E-state index contributed by atoms with van der Waals surface area (Å²) in [6, 6.07) is 41.3. The Hall–Kier alpha value is -7.03. The zero-order valence-corrected chi connectivity index (χ0v) is 38.0. The maximum absolute atomic E-state index is 14.7. The fourth-order valence-electron chi connectivity index (χ4n) is 6.87. The van der Waals surface area contributed by atoms with E-state index in [9.17, 15) is 24.0 Å². The van der Waals surface area contributed by atoms with Crippen molar-refractivity contribution in [3.63, 3.8) is 0 Å². The molecule has 5 aromatic rings. The lowest BCUT2D eigenvalue weighted by Crippen LogP contribution is -2.47. The summed E-state index contributed by atoms with van der Waals surface area (Å²) < 4.78 is 0. The van der Waals surface area contributed by atoms with Gasteiger partial charge >= 0.3 is 23.9 Å². The van der Waals surface area contributed by atoms with Crippen LogP contribution in [0.4, 0.5) is 0 Å². The third-order valence-electron chi connectivity index (χ3n) is 11.1. The summed E-state index contributed by atoms with van der Waals surface area (Å²) in [5, 5.41) is 0. The Kier molecular flexibility index (Phi) is 14.7. The average molecular weight is 897 g/mol. The summed E-state index contributed by atoms with van der Waals surface area (Å²) in [6.07, 6.45) is 3.28. The van der Waals surface area contributed by atoms with E-state index in [1.807, 2.05) is 30.3 Å². The quantitative estimate of drug-likeness (QED) is 0.0269. The first-order valence-corrected chi connectivity index (χ1v) is 21.2. The molecule has 1 unspecified atom stereocenters. The van der Waals surface area contributed by atoms with Crippen LogP contribution in [-0.2, 0) is 75.9 Å². The van der Waals surface area contributed by atoms with Crippen LogP contribution in [0.15, 0.2) is 169 Å². The highest BCUT2D eigenvalue weighted by molar-refractivity contribution is 6.15. The van der Waals surface area contributed by atoms with E-state index in [2.05, 4.69) is 0 Å². The van der Waals surface area contributed by atoms with E-state index in [4.69, 9.17) is 39.1 Å². The lowest BCUT2D eigenvalue weighted by atomic mass is 9.73. The van der Waals surface area contributed by atoms with Gasteiger partial charge in [-0.3, -0.25) is 24.3 Å². The van der Waals surface area contributed by atoms with Crippen molar-refractivity contribution in [1.29, 1.82) is 0 Å². The Morgan fingerprint density at radius 3 is 1.17 bits per heavy atom. The summed E-state index contributed by atoms with van der Waals surface area (Å²) >= 11 is 0. The third-order valence-corrected chi connectivity index (χ3v) is 11.1. The second-order valence-corrected chi connectivity index (χ2v) is 17.5. The largest absolute Gasteiger partial charge is 0.373 e. The van der Waals surface area contributed by atoms with Gasteiger partial charge in [0.2, 0.25) is 5.41 Å². The molecule has 0 bridgehead atoms. The lowest BCUT2D eigenvalue weighted by Gasteiger charge is -2.33. The van der Waals surface area contributed by atoms with Crippen molar-refractivity contribution >= 4 is 29.7 Å². The van der Waals surface area contributed by atoms with Crippen LogP contribution in [0, 0.1) is 11.3 Å². The van der Waals surface area contributed by atoms with Gasteiger partial charge in [-0.1, -0.05) is 152 Å². The SMILES string of the molecule is CC(C)(OOC(=O)C1=CC(C(=O)c2cccc(C(=O)OOC(C)(C)c3ccccc3)c2)C=CC1(C(=O)OOC(C)(C)c1ccccc1)C(=O)OOC(C)(C)c1ccccc1)c1ccccc1. The standard InChI is InChI=1S/C53H52O13/c1-49(2,39-24-13-9-14-25-39)63-59-45(55)38-23-21-22-36(34-38)44(54)37-32-33-53(47(57)61-65-51(5,6)41-28-17-11-18-29-41,48(58)62-66-52(7,8)42-30-19-12-20-31-42)43(35-37)46(56)60-64-50(3,4)40-26-15-10-16-27-40/h9-35,37H,1-8H3. The lowest BCUT2D eigenvalue weighted by molar-refractivity contribution is -0.345. The molecule has 0 aromatic heterocycles. The van der Waals surface area contributed by atoms with Crippen LogP contribution in [0.2, 0.25) is 0 Å². The Morgan fingerprint density at radius 1 is 0.424 bits per heavy atom. The van der Waals surface area contributed by atoms with Gasteiger partial charge in [0.05, 0.1) is 17.1 Å². The van der Waals surface area contributed by atoms with Crippen molar-refractivity contribution in [2.45, 2.75) is 77.8 Å². The smallest absolute Gasteiger partial charge is 0.295 e. The average Bonchev–Trinajstić information content (AvgIpc) is 3.34. The molecule has 0 spiro atoms. The highest BCUT2D eigenvalue weighted by Crippen LogP contribution is 2.42. The second kappa shape index (κ2) is 20.0. The number of hydrogen-bond acceptors (Lipinski definition) is 13. The van der Waals surface area contributed by atoms with E-state index in [1.165, 1.54) is 30.3 Å². The van der Waals surface area contributed by atoms with Gasteiger partial charge in [-0.2, -0.15) is 19.6 Å². The molecule has 0 fully saturated rings. The first-order chi connectivity index (χ1) is 31.3. The van der Waals surface area contributed by atoms with Gasteiger partial charge < -0.3 is 0 Å². The van der Waals surface area contributed by atoms with E-state index in [0.29, 0.717) is 16.7 Å². The monoisotopic (exact) mass is 896 g/mol. The van der Waals surface area contributed by atoms with E-state index < -0.39 is 69.0 Å². The van der Waals surface area contributed by atoms with Gasteiger partial charge in [0.15, 0.2) is 5.78 Å². The zero-order chi connectivity index (χ0) is 47.8. The molecule has 0 heterocycles. The van der Waals surface area contributed by atoms with Crippen LogP contribution in [0.1, 0.15) is 98.4 Å². The molecule has 0 radical (unpaired) electrons. The Morgan fingerprint density at radius 2 is 0.773 bits per heavy atom. The van der Waals surface area contributed by atoms with Crippen LogP contribution in [-0.4, -0.2) is 29.7 Å². The van der Waals surface area contributed by atoms with Crippen LogP contribution in [0.3, 0.4) is 0 Å². The Bertz CT molecular complexity index is 2510. The minimum atomic E-state index is -2.82. The van der Waals surface area contributed by atoms with Crippen molar-refractivity contribution in [3.8, 4) is 0 Å². The summed E-state index contributed by atoms with van der Waals surface area (Å²) in [7, 11) is 0. The summed E-state index contributed by atoms with van der Waals surface area (Å²) in [5.41, 5.74) is -5.77. The predicted molar refractivity (Wildman–Crippen MR) is 240 cm³/mol. The molecule has 0 saturated carbocycles. The molecule has 0 saturated heterocycles. The minimum Gasteiger partial charge on any atom is -0.295 e. The molecule has 13 nitrogen and oxygen atoms in total. The molecule has 13 heteroatoms. The number of rotatable bonds is 18. The molecule has 1 aliphatic rings. The minimum absolute atomic E-state index is 0.00499. The van der Waals surface area contributed by atoms with Crippen molar-refractivity contribution in [2.24, 2.45) is 11.3 Å². The summed E-state index contributed by atoms with van der Waals surface area (Å²) in [6.45, 7) is 13.2. The fraction of sp³-hybridized carbons (Fsp3) is 0.264. The Balaban J connectivity index is 1.36. The molecule has 0 aliphatic heterocycles. The highest BCUT2D eigenvalue weighted by Gasteiger charge is 2.58. The van der Waals surface area contributed by atoms with E-state index >= 15 is 0 Å². The van der Waals surface area contributed by atoms with Gasteiger partial charge in [-0.15, -0.1) is 0 Å².